The zero-order valence-electron chi connectivity index (χ0n) is 9.32. The van der Waals surface area contributed by atoms with Gasteiger partial charge in [-0.25, -0.2) is 8.78 Å². The first-order valence-electron chi connectivity index (χ1n) is 5.02. The number of likely N-dealkylation sites (N-methyl/N-ethyl adjacent to an activating group) is 1. The summed E-state index contributed by atoms with van der Waals surface area (Å²) in [5.41, 5.74) is 11.7. The average molecular weight is 247 g/mol. The number of hydrogen-bond acceptors (Lipinski definition) is 4. The fourth-order valence-corrected chi connectivity index (χ4v) is 1.55. The van der Waals surface area contributed by atoms with Crippen LogP contribution in [0.25, 0.3) is 0 Å². The normalized spacial score (nSPS) is 24.2. The van der Waals surface area contributed by atoms with Crippen LogP contribution in [0.5, 0.6) is 0 Å². The van der Waals surface area contributed by atoms with Crippen LogP contribution in [0, 0.1) is 5.92 Å². The Morgan fingerprint density at radius 3 is 2.71 bits per heavy atom. The summed E-state index contributed by atoms with van der Waals surface area (Å²) in [5, 5.41) is 2.78. The fraction of sp³-hybridized carbons (Fsp3) is 0.500. The lowest BCUT2D eigenvalue weighted by molar-refractivity contribution is -0.124. The number of rotatable bonds is 5. The van der Waals surface area contributed by atoms with Gasteiger partial charge < -0.3 is 21.5 Å². The van der Waals surface area contributed by atoms with E-state index in [0.29, 0.717) is 11.4 Å². The maximum atomic E-state index is 12.1. The first-order valence-corrected chi connectivity index (χ1v) is 5.02. The number of amides is 1. The van der Waals surface area contributed by atoms with Gasteiger partial charge in [0.05, 0.1) is 23.4 Å². The molecule has 1 aliphatic carbocycles. The van der Waals surface area contributed by atoms with Gasteiger partial charge in [-0.3, -0.25) is 4.79 Å². The van der Waals surface area contributed by atoms with Crippen LogP contribution in [-0.4, -0.2) is 32.1 Å². The largest absolute Gasteiger partial charge is 0.397 e. The molecule has 1 amide bonds. The maximum absolute atomic E-state index is 12.1. The number of nitrogens with one attached hydrogen (secondary N) is 1. The molecular formula is C10H15F2N3O2. The van der Waals surface area contributed by atoms with E-state index in [2.05, 4.69) is 5.32 Å². The summed E-state index contributed by atoms with van der Waals surface area (Å²) in [7, 11) is 1.63. The minimum atomic E-state index is -2.60. The van der Waals surface area contributed by atoms with Gasteiger partial charge in [-0.15, -0.1) is 0 Å². The molecule has 0 aromatic heterocycles. The third-order valence-electron chi connectivity index (χ3n) is 2.37. The van der Waals surface area contributed by atoms with Crippen molar-refractivity contribution in [2.24, 2.45) is 17.4 Å². The van der Waals surface area contributed by atoms with Crippen LogP contribution in [0.3, 0.4) is 0 Å². The second kappa shape index (κ2) is 5.62. The standard InChI is InChI=1S/C10H15F2N3O2/c1-15-7-3-8(17-4-9(11)12)5(10(14)16)2-6(7)13/h2-3,5,8-9,15H,4,13H2,1H3,(H2,14,16). The van der Waals surface area contributed by atoms with E-state index in [1.54, 1.807) is 7.05 Å². The first kappa shape index (κ1) is 13.4. The maximum Gasteiger partial charge on any atom is 0.261 e. The monoisotopic (exact) mass is 247 g/mol. The minimum absolute atomic E-state index is 0.341. The van der Waals surface area contributed by atoms with Gasteiger partial charge in [-0.2, -0.15) is 0 Å². The van der Waals surface area contributed by atoms with Crippen LogP contribution in [0.4, 0.5) is 8.78 Å². The summed E-state index contributed by atoms with van der Waals surface area (Å²) >= 11 is 0. The Balaban J connectivity index is 2.83. The molecule has 1 aliphatic rings. The van der Waals surface area contributed by atoms with Gasteiger partial charge in [0.25, 0.3) is 6.43 Å². The zero-order chi connectivity index (χ0) is 13.0. The Bertz CT molecular complexity index is 355. The highest BCUT2D eigenvalue weighted by molar-refractivity contribution is 5.80. The number of alkyl halides is 2. The number of halogens is 2. The Labute approximate surface area is 97.5 Å². The molecule has 2 unspecified atom stereocenters. The zero-order valence-corrected chi connectivity index (χ0v) is 9.32. The summed E-state index contributed by atoms with van der Waals surface area (Å²) in [6, 6.07) is 0. The number of carbonyl (C=O) groups is 1. The number of nitrogens with two attached hydrogens (primary N) is 2. The van der Waals surface area contributed by atoms with E-state index in [4.69, 9.17) is 16.2 Å². The van der Waals surface area contributed by atoms with Crippen LogP contribution in [0.2, 0.25) is 0 Å². The topological polar surface area (TPSA) is 90.4 Å². The van der Waals surface area contributed by atoms with Crippen molar-refractivity contribution in [2.75, 3.05) is 13.7 Å². The molecule has 1 rings (SSSR count). The molecule has 0 spiro atoms. The predicted octanol–water partition coefficient (Wildman–Crippen LogP) is -0.302. The fourth-order valence-electron chi connectivity index (χ4n) is 1.55. The second-order valence-corrected chi connectivity index (χ2v) is 3.57. The molecule has 5 nitrogen and oxygen atoms in total. The smallest absolute Gasteiger partial charge is 0.261 e. The molecule has 7 heteroatoms. The summed E-state index contributed by atoms with van der Waals surface area (Å²) in [5.74, 6) is -1.50. The lowest BCUT2D eigenvalue weighted by Gasteiger charge is -2.26. The van der Waals surface area contributed by atoms with E-state index in [9.17, 15) is 13.6 Å². The number of carbonyl (C=O) groups excluding carboxylic acids is 1. The molecule has 0 radical (unpaired) electrons. The van der Waals surface area contributed by atoms with Gasteiger partial charge in [0.15, 0.2) is 0 Å². The third kappa shape index (κ3) is 3.42. The van der Waals surface area contributed by atoms with E-state index in [-0.39, 0.29) is 0 Å². The molecule has 0 fully saturated rings. The van der Waals surface area contributed by atoms with Crippen molar-refractivity contribution in [3.63, 3.8) is 0 Å². The molecule has 96 valence electrons. The average Bonchev–Trinajstić information content (AvgIpc) is 2.26. The summed E-state index contributed by atoms with van der Waals surface area (Å²) in [6.07, 6.45) is -0.535. The van der Waals surface area contributed by atoms with Gasteiger partial charge in [-0.05, 0) is 12.2 Å². The molecule has 0 bridgehead atoms. The van der Waals surface area contributed by atoms with Gasteiger partial charge in [-0.1, -0.05) is 0 Å². The lowest BCUT2D eigenvalue weighted by atomic mass is 9.93. The van der Waals surface area contributed by atoms with E-state index in [1.807, 2.05) is 0 Å². The van der Waals surface area contributed by atoms with Crippen LogP contribution < -0.4 is 16.8 Å². The predicted molar refractivity (Wildman–Crippen MR) is 57.8 cm³/mol. The van der Waals surface area contributed by atoms with Crippen molar-refractivity contribution in [3.8, 4) is 0 Å². The highest BCUT2D eigenvalue weighted by atomic mass is 19.3. The van der Waals surface area contributed by atoms with Gasteiger partial charge >= 0.3 is 0 Å². The van der Waals surface area contributed by atoms with Crippen LogP contribution >= 0.6 is 0 Å². The molecule has 0 saturated heterocycles. The van der Waals surface area contributed by atoms with E-state index in [0.717, 1.165) is 0 Å². The lowest BCUT2D eigenvalue weighted by Crippen LogP contribution is -2.38. The molecule has 0 aromatic rings. The number of hydrogen-bond donors (Lipinski definition) is 3. The van der Waals surface area contributed by atoms with Crippen molar-refractivity contribution in [3.05, 3.63) is 23.5 Å². The van der Waals surface area contributed by atoms with Gasteiger partial charge in [0, 0.05) is 7.05 Å². The van der Waals surface area contributed by atoms with Crippen LogP contribution in [0.15, 0.2) is 23.5 Å². The molecule has 0 aliphatic heterocycles. The number of ether oxygens (including phenoxy) is 1. The van der Waals surface area contributed by atoms with Crippen molar-refractivity contribution in [1.29, 1.82) is 0 Å². The van der Waals surface area contributed by atoms with E-state index < -0.39 is 31.0 Å². The summed E-state index contributed by atoms with van der Waals surface area (Å²) in [4.78, 5) is 11.2. The van der Waals surface area contributed by atoms with Crippen LogP contribution in [-0.2, 0) is 9.53 Å². The SMILES string of the molecule is CNC1=CC(OCC(F)F)C(C(N)=O)C=C1N. The molecule has 0 saturated carbocycles. The Morgan fingerprint density at radius 1 is 1.59 bits per heavy atom. The van der Waals surface area contributed by atoms with Crippen molar-refractivity contribution >= 4 is 5.91 Å². The first-order chi connectivity index (χ1) is 7.95. The molecule has 17 heavy (non-hydrogen) atoms. The molecule has 0 heterocycles. The Hall–Kier alpha value is -1.63. The van der Waals surface area contributed by atoms with Gasteiger partial charge in [0.2, 0.25) is 5.91 Å². The second-order valence-electron chi connectivity index (χ2n) is 3.57. The summed E-state index contributed by atoms with van der Waals surface area (Å²) < 4.78 is 29.0. The minimum Gasteiger partial charge on any atom is -0.397 e. The molecule has 0 aromatic carbocycles. The number of primary amides is 1. The van der Waals surface area contributed by atoms with E-state index in [1.165, 1.54) is 12.2 Å². The summed E-state index contributed by atoms with van der Waals surface area (Å²) in [6.45, 7) is -0.754. The van der Waals surface area contributed by atoms with E-state index >= 15 is 0 Å². The molecule has 2 atom stereocenters. The Morgan fingerprint density at radius 2 is 2.24 bits per heavy atom. The highest BCUT2D eigenvalue weighted by Crippen LogP contribution is 2.21. The van der Waals surface area contributed by atoms with Gasteiger partial charge in [0.1, 0.15) is 6.61 Å². The van der Waals surface area contributed by atoms with Crippen molar-refractivity contribution in [2.45, 2.75) is 12.5 Å². The quantitative estimate of drug-likeness (QED) is 0.622. The van der Waals surface area contributed by atoms with Crippen molar-refractivity contribution < 1.29 is 18.3 Å². The Kier molecular flexibility index (Phi) is 4.45. The van der Waals surface area contributed by atoms with Crippen molar-refractivity contribution in [1.82, 2.24) is 5.32 Å². The third-order valence-corrected chi connectivity index (χ3v) is 2.37. The highest BCUT2D eigenvalue weighted by Gasteiger charge is 2.29. The molecular weight excluding hydrogens is 232 g/mol. The van der Waals surface area contributed by atoms with Crippen LogP contribution in [0.1, 0.15) is 0 Å². The molecule has 5 N–H and O–H groups in total.